The van der Waals surface area contributed by atoms with Crippen LogP contribution in [0.4, 0.5) is 11.6 Å². The predicted octanol–water partition coefficient (Wildman–Crippen LogP) is 3.89. The Balaban J connectivity index is 1.91. The number of nitrogens with one attached hydrogen (secondary N) is 1. The number of hydrogen-bond donors (Lipinski definition) is 2. The summed E-state index contributed by atoms with van der Waals surface area (Å²) >= 11 is 7.26. The Kier molecular flexibility index (Phi) is 3.64. The highest BCUT2D eigenvalue weighted by molar-refractivity contribution is 7.13. The van der Waals surface area contributed by atoms with Crippen LogP contribution in [0.25, 0.3) is 10.6 Å². The zero-order valence-corrected chi connectivity index (χ0v) is 12.2. The van der Waals surface area contributed by atoms with Crippen LogP contribution in [0.3, 0.4) is 0 Å². The summed E-state index contributed by atoms with van der Waals surface area (Å²) in [6.45, 7) is 0. The molecule has 3 N–H and O–H groups in total. The number of nitrogens with two attached hydrogens (primary N) is 1. The maximum absolute atomic E-state index is 12.4. The van der Waals surface area contributed by atoms with Crippen molar-refractivity contribution in [2.45, 2.75) is 0 Å². The highest BCUT2D eigenvalue weighted by atomic mass is 35.5. The summed E-state index contributed by atoms with van der Waals surface area (Å²) in [4.78, 5) is 13.2. The molecular weight excluding hydrogens is 310 g/mol. The summed E-state index contributed by atoms with van der Waals surface area (Å²) in [6, 6.07) is 10.5. The topological polar surface area (TPSA) is 81.2 Å². The third kappa shape index (κ3) is 2.76. The maximum atomic E-state index is 12.4. The number of halogens is 1. The number of thiophene rings is 1. The third-order valence-corrected chi connectivity index (χ3v) is 3.93. The number of benzene rings is 1. The second-order valence-corrected chi connectivity index (χ2v) is 5.59. The molecule has 0 bridgehead atoms. The number of nitrogen functional groups attached to an aromatic ring is 1. The third-order valence-electron chi connectivity index (χ3n) is 2.80. The van der Waals surface area contributed by atoms with Crippen LogP contribution in [0.1, 0.15) is 10.4 Å². The molecule has 0 aliphatic rings. The van der Waals surface area contributed by atoms with Gasteiger partial charge >= 0.3 is 0 Å². The fourth-order valence-corrected chi connectivity index (χ4v) is 2.67. The Labute approximate surface area is 129 Å². The van der Waals surface area contributed by atoms with Crippen molar-refractivity contribution in [2.75, 3.05) is 11.1 Å². The van der Waals surface area contributed by atoms with Crippen molar-refractivity contribution in [3.05, 3.63) is 52.4 Å². The van der Waals surface area contributed by atoms with Gasteiger partial charge in [-0.15, -0.1) is 11.3 Å². The van der Waals surface area contributed by atoms with Crippen LogP contribution in [0, 0.1) is 0 Å². The van der Waals surface area contributed by atoms with Crippen LogP contribution in [-0.4, -0.2) is 11.1 Å². The Bertz CT molecular complexity index is 766. The van der Waals surface area contributed by atoms with E-state index in [0.717, 1.165) is 4.88 Å². The van der Waals surface area contributed by atoms with Gasteiger partial charge in [-0.1, -0.05) is 22.8 Å². The molecule has 2 heterocycles. The van der Waals surface area contributed by atoms with Gasteiger partial charge in [0.2, 0.25) is 5.88 Å². The van der Waals surface area contributed by atoms with Gasteiger partial charge < -0.3 is 15.6 Å². The molecule has 1 aromatic carbocycles. The summed E-state index contributed by atoms with van der Waals surface area (Å²) in [7, 11) is 0. The molecule has 0 atom stereocenters. The minimum atomic E-state index is -0.375. The maximum Gasteiger partial charge on any atom is 0.263 e. The number of amides is 1. The molecule has 7 heteroatoms. The Morgan fingerprint density at radius 1 is 1.29 bits per heavy atom. The molecule has 0 aliphatic heterocycles. The molecule has 5 nitrogen and oxygen atoms in total. The van der Waals surface area contributed by atoms with E-state index < -0.39 is 0 Å². The normalized spacial score (nSPS) is 10.5. The van der Waals surface area contributed by atoms with Gasteiger partial charge in [-0.3, -0.25) is 4.79 Å². The Morgan fingerprint density at radius 2 is 2.05 bits per heavy atom. The minimum absolute atomic E-state index is 0.00939. The molecule has 106 valence electrons. The number of rotatable bonds is 3. The molecule has 0 saturated carbocycles. The van der Waals surface area contributed by atoms with E-state index in [1.807, 2.05) is 17.5 Å². The lowest BCUT2D eigenvalue weighted by atomic mass is 10.2. The molecule has 0 unspecified atom stereocenters. The van der Waals surface area contributed by atoms with Gasteiger partial charge in [-0.2, -0.15) is 0 Å². The largest absolute Gasteiger partial charge is 0.367 e. The molecule has 0 radical (unpaired) electrons. The van der Waals surface area contributed by atoms with Crippen molar-refractivity contribution >= 4 is 40.4 Å². The molecule has 0 saturated heterocycles. The molecule has 3 aromatic rings. The summed E-state index contributed by atoms with van der Waals surface area (Å²) < 4.78 is 4.95. The first kappa shape index (κ1) is 13.7. The quantitative estimate of drug-likeness (QED) is 0.767. The number of anilines is 2. The van der Waals surface area contributed by atoms with E-state index in [1.165, 1.54) is 11.3 Å². The predicted molar refractivity (Wildman–Crippen MR) is 83.6 cm³/mol. The van der Waals surface area contributed by atoms with Crippen molar-refractivity contribution in [3.8, 4) is 10.6 Å². The second kappa shape index (κ2) is 5.59. The van der Waals surface area contributed by atoms with E-state index in [9.17, 15) is 4.79 Å². The second-order valence-electron chi connectivity index (χ2n) is 4.21. The highest BCUT2D eigenvalue weighted by Gasteiger charge is 2.23. The van der Waals surface area contributed by atoms with Crippen molar-refractivity contribution in [1.29, 1.82) is 0 Å². The van der Waals surface area contributed by atoms with E-state index in [-0.39, 0.29) is 17.4 Å². The molecule has 3 rings (SSSR count). The van der Waals surface area contributed by atoms with Crippen LogP contribution in [0.15, 0.2) is 46.3 Å². The van der Waals surface area contributed by atoms with Crippen LogP contribution in [0.2, 0.25) is 5.02 Å². The smallest absolute Gasteiger partial charge is 0.263 e. The van der Waals surface area contributed by atoms with E-state index in [0.29, 0.717) is 16.4 Å². The first-order chi connectivity index (χ1) is 10.1. The average molecular weight is 320 g/mol. The van der Waals surface area contributed by atoms with E-state index >= 15 is 0 Å². The number of carbonyl (C=O) groups excluding carboxylic acids is 1. The first-order valence-corrected chi connectivity index (χ1v) is 7.27. The van der Waals surface area contributed by atoms with Crippen LogP contribution in [-0.2, 0) is 0 Å². The van der Waals surface area contributed by atoms with E-state index in [1.54, 1.807) is 24.3 Å². The van der Waals surface area contributed by atoms with Crippen molar-refractivity contribution in [3.63, 3.8) is 0 Å². The van der Waals surface area contributed by atoms with Gasteiger partial charge in [0.15, 0.2) is 0 Å². The fourth-order valence-electron chi connectivity index (χ4n) is 1.83. The van der Waals surface area contributed by atoms with Crippen LogP contribution < -0.4 is 11.1 Å². The first-order valence-electron chi connectivity index (χ1n) is 6.01. The van der Waals surface area contributed by atoms with E-state index in [4.69, 9.17) is 21.9 Å². The van der Waals surface area contributed by atoms with Gasteiger partial charge in [0.25, 0.3) is 5.91 Å². The summed E-state index contributed by atoms with van der Waals surface area (Å²) in [5, 5.41) is 9.09. The molecule has 1 amide bonds. The summed E-state index contributed by atoms with van der Waals surface area (Å²) in [6.07, 6.45) is 0. The molecule has 0 aliphatic carbocycles. The molecular formula is C14H10ClN3O2S. The summed E-state index contributed by atoms with van der Waals surface area (Å²) in [5.41, 5.74) is 7.00. The number of carbonyl (C=O) groups is 1. The fraction of sp³-hybridized carbons (Fsp3) is 0. The van der Waals surface area contributed by atoms with Gasteiger partial charge in [-0.05, 0) is 35.7 Å². The minimum Gasteiger partial charge on any atom is -0.367 e. The van der Waals surface area contributed by atoms with Gasteiger partial charge in [0, 0.05) is 10.7 Å². The zero-order chi connectivity index (χ0) is 14.8. The van der Waals surface area contributed by atoms with Crippen molar-refractivity contribution < 1.29 is 9.32 Å². The average Bonchev–Trinajstić information content (AvgIpc) is 3.10. The van der Waals surface area contributed by atoms with Crippen molar-refractivity contribution in [2.24, 2.45) is 0 Å². The van der Waals surface area contributed by atoms with Crippen LogP contribution >= 0.6 is 22.9 Å². The standard InChI is InChI=1S/C14H10ClN3O2S/c15-8-3-5-9(6-4-8)17-14(19)11-12(18-20-13(11)16)10-2-1-7-21-10/h1-7H,16H2,(H,17,19). The lowest BCUT2D eigenvalue weighted by Gasteiger charge is -2.05. The molecule has 2 aromatic heterocycles. The monoisotopic (exact) mass is 319 g/mol. The Hall–Kier alpha value is -2.31. The van der Waals surface area contributed by atoms with Gasteiger partial charge in [-0.25, -0.2) is 0 Å². The molecule has 0 spiro atoms. The Morgan fingerprint density at radius 3 is 2.71 bits per heavy atom. The van der Waals surface area contributed by atoms with E-state index in [2.05, 4.69) is 10.5 Å². The number of nitrogens with zero attached hydrogens (tertiary/aromatic N) is 1. The molecule has 0 fully saturated rings. The highest BCUT2D eigenvalue weighted by Crippen LogP contribution is 2.31. The lowest BCUT2D eigenvalue weighted by molar-refractivity contribution is 0.102. The number of hydrogen-bond acceptors (Lipinski definition) is 5. The molecule has 21 heavy (non-hydrogen) atoms. The lowest BCUT2D eigenvalue weighted by Crippen LogP contribution is -2.13. The van der Waals surface area contributed by atoms with Gasteiger partial charge in [0.05, 0.1) is 4.88 Å². The zero-order valence-electron chi connectivity index (χ0n) is 10.7. The number of aromatic nitrogens is 1. The SMILES string of the molecule is Nc1onc(-c2cccs2)c1C(=O)Nc1ccc(Cl)cc1. The van der Waals surface area contributed by atoms with Gasteiger partial charge in [0.1, 0.15) is 11.3 Å². The summed E-state index contributed by atoms with van der Waals surface area (Å²) in [5.74, 6) is -0.385. The van der Waals surface area contributed by atoms with Crippen molar-refractivity contribution in [1.82, 2.24) is 5.16 Å². The van der Waals surface area contributed by atoms with Crippen LogP contribution in [0.5, 0.6) is 0 Å².